The number of rotatable bonds is 7. The SMILES string of the molecule is N#C/C(=C\c1cn(CCCc2ccccc2)c2cc(Cl)ccc12)c1ccc(C=O)cc1. The van der Waals surface area contributed by atoms with E-state index in [1.54, 1.807) is 24.3 Å². The number of hydrogen-bond donors (Lipinski definition) is 0. The standard InChI is InChI=1S/C27H21ClN2O/c28-25-12-13-26-24(15-23(17-29)22-10-8-21(19-31)9-11-22)18-30(27(26)16-25)14-4-7-20-5-2-1-3-6-20/h1-3,5-6,8-13,15-16,18-19H,4,7,14H2/b23-15+. The van der Waals surface area contributed by atoms with Crippen LogP contribution in [-0.2, 0) is 13.0 Å². The van der Waals surface area contributed by atoms with Crippen LogP contribution in [0.5, 0.6) is 0 Å². The number of aldehydes is 1. The summed E-state index contributed by atoms with van der Waals surface area (Å²) in [4.78, 5) is 10.9. The zero-order valence-corrected chi connectivity index (χ0v) is 17.7. The molecule has 0 radical (unpaired) electrons. The van der Waals surface area contributed by atoms with E-state index in [0.717, 1.165) is 47.7 Å². The molecule has 0 atom stereocenters. The van der Waals surface area contributed by atoms with Gasteiger partial charge in [0.2, 0.25) is 0 Å². The molecule has 31 heavy (non-hydrogen) atoms. The van der Waals surface area contributed by atoms with Crippen molar-refractivity contribution < 1.29 is 4.79 Å². The van der Waals surface area contributed by atoms with Gasteiger partial charge in [0.15, 0.2) is 0 Å². The van der Waals surface area contributed by atoms with Gasteiger partial charge in [-0.2, -0.15) is 5.26 Å². The van der Waals surface area contributed by atoms with Crippen LogP contribution < -0.4 is 0 Å². The number of aromatic nitrogens is 1. The molecule has 0 amide bonds. The summed E-state index contributed by atoms with van der Waals surface area (Å²) >= 11 is 6.28. The van der Waals surface area contributed by atoms with Crippen molar-refractivity contribution in [3.63, 3.8) is 0 Å². The van der Waals surface area contributed by atoms with Crippen LogP contribution in [0.3, 0.4) is 0 Å². The predicted octanol–water partition coefficient (Wildman–Crippen LogP) is 6.80. The quantitative estimate of drug-likeness (QED) is 0.242. The number of benzene rings is 3. The Bertz CT molecular complexity index is 1280. The molecule has 0 spiro atoms. The number of carbonyl (C=O) groups excluding carboxylic acids is 1. The summed E-state index contributed by atoms with van der Waals surface area (Å²) in [5.74, 6) is 0. The van der Waals surface area contributed by atoms with Crippen LogP contribution in [0, 0.1) is 11.3 Å². The first-order valence-electron chi connectivity index (χ1n) is 10.2. The van der Waals surface area contributed by atoms with E-state index in [1.165, 1.54) is 5.56 Å². The van der Waals surface area contributed by atoms with Crippen LogP contribution >= 0.6 is 11.6 Å². The highest BCUT2D eigenvalue weighted by Gasteiger charge is 2.10. The molecule has 4 rings (SSSR count). The zero-order chi connectivity index (χ0) is 21.6. The van der Waals surface area contributed by atoms with E-state index in [4.69, 9.17) is 11.6 Å². The van der Waals surface area contributed by atoms with Crippen LogP contribution in [0.1, 0.15) is 33.5 Å². The molecule has 1 aromatic heterocycles. The van der Waals surface area contributed by atoms with Crippen LogP contribution in [0.25, 0.3) is 22.6 Å². The summed E-state index contributed by atoms with van der Waals surface area (Å²) in [7, 11) is 0. The van der Waals surface area contributed by atoms with Crippen molar-refractivity contribution in [2.24, 2.45) is 0 Å². The van der Waals surface area contributed by atoms with E-state index in [0.29, 0.717) is 16.2 Å². The summed E-state index contributed by atoms with van der Waals surface area (Å²) in [6.45, 7) is 0.857. The van der Waals surface area contributed by atoms with Crippen molar-refractivity contribution in [3.05, 3.63) is 106 Å². The second-order valence-electron chi connectivity index (χ2n) is 7.44. The summed E-state index contributed by atoms with van der Waals surface area (Å²) in [6, 6.07) is 25.6. The van der Waals surface area contributed by atoms with Crippen molar-refractivity contribution in [1.29, 1.82) is 5.26 Å². The molecule has 152 valence electrons. The highest BCUT2D eigenvalue weighted by atomic mass is 35.5. The van der Waals surface area contributed by atoms with E-state index in [2.05, 4.69) is 41.1 Å². The molecule has 0 unspecified atom stereocenters. The number of aryl methyl sites for hydroxylation is 2. The van der Waals surface area contributed by atoms with Gasteiger partial charge in [-0.25, -0.2) is 0 Å². The maximum absolute atomic E-state index is 10.9. The van der Waals surface area contributed by atoms with Gasteiger partial charge in [0.25, 0.3) is 0 Å². The molecule has 4 heteroatoms. The summed E-state index contributed by atoms with van der Waals surface area (Å²) in [5.41, 5.74) is 5.28. The molecule has 0 saturated heterocycles. The topological polar surface area (TPSA) is 45.8 Å². The van der Waals surface area contributed by atoms with Crippen molar-refractivity contribution >= 4 is 40.4 Å². The van der Waals surface area contributed by atoms with Crippen molar-refractivity contribution in [1.82, 2.24) is 4.57 Å². The highest BCUT2D eigenvalue weighted by Crippen LogP contribution is 2.29. The van der Waals surface area contributed by atoms with E-state index in [-0.39, 0.29) is 0 Å². The molecule has 0 fully saturated rings. The number of fused-ring (bicyclic) bond motifs is 1. The lowest BCUT2D eigenvalue weighted by Gasteiger charge is -2.06. The maximum atomic E-state index is 10.9. The molecule has 3 aromatic carbocycles. The Morgan fingerprint density at radius 2 is 1.81 bits per heavy atom. The predicted molar refractivity (Wildman–Crippen MR) is 127 cm³/mol. The third-order valence-electron chi connectivity index (χ3n) is 5.36. The molecule has 0 aliphatic heterocycles. The fraction of sp³-hybridized carbons (Fsp3) is 0.111. The van der Waals surface area contributed by atoms with E-state index >= 15 is 0 Å². The molecule has 0 aliphatic carbocycles. The average Bonchev–Trinajstić information content (AvgIpc) is 3.14. The van der Waals surface area contributed by atoms with Crippen molar-refractivity contribution in [2.45, 2.75) is 19.4 Å². The zero-order valence-electron chi connectivity index (χ0n) is 17.0. The Balaban J connectivity index is 1.66. The number of allylic oxidation sites excluding steroid dienone is 1. The number of nitrogens with zero attached hydrogens (tertiary/aromatic N) is 2. The molecule has 0 saturated carbocycles. The minimum Gasteiger partial charge on any atom is -0.347 e. The first-order chi connectivity index (χ1) is 15.2. The second kappa shape index (κ2) is 9.47. The summed E-state index contributed by atoms with van der Waals surface area (Å²) < 4.78 is 2.21. The van der Waals surface area contributed by atoms with Crippen LogP contribution in [-0.4, -0.2) is 10.9 Å². The lowest BCUT2D eigenvalue weighted by molar-refractivity contribution is 0.112. The molecule has 0 bridgehead atoms. The largest absolute Gasteiger partial charge is 0.347 e. The maximum Gasteiger partial charge on any atom is 0.150 e. The normalized spacial score (nSPS) is 11.4. The van der Waals surface area contributed by atoms with Gasteiger partial charge in [0.05, 0.1) is 17.2 Å². The van der Waals surface area contributed by atoms with Gasteiger partial charge < -0.3 is 4.57 Å². The van der Waals surface area contributed by atoms with E-state index in [1.807, 2.05) is 30.3 Å². The third-order valence-corrected chi connectivity index (χ3v) is 5.60. The Morgan fingerprint density at radius 1 is 1.03 bits per heavy atom. The Morgan fingerprint density at radius 3 is 2.52 bits per heavy atom. The summed E-state index contributed by atoms with van der Waals surface area (Å²) in [6.07, 6.45) is 6.79. The average molecular weight is 425 g/mol. The van der Waals surface area contributed by atoms with Crippen molar-refractivity contribution in [3.8, 4) is 6.07 Å². The van der Waals surface area contributed by atoms with E-state index < -0.39 is 0 Å². The van der Waals surface area contributed by atoms with Gasteiger partial charge >= 0.3 is 0 Å². The second-order valence-corrected chi connectivity index (χ2v) is 7.87. The molecule has 4 aromatic rings. The number of halogens is 1. The Kier molecular flexibility index (Phi) is 6.31. The number of carbonyl (C=O) groups is 1. The Labute approximate surface area is 186 Å². The van der Waals surface area contributed by atoms with Crippen LogP contribution in [0.15, 0.2) is 79.0 Å². The van der Waals surface area contributed by atoms with Crippen LogP contribution in [0.2, 0.25) is 5.02 Å². The molecular weight excluding hydrogens is 404 g/mol. The Hall–Kier alpha value is -3.61. The van der Waals surface area contributed by atoms with E-state index in [9.17, 15) is 10.1 Å². The molecule has 0 aliphatic rings. The van der Waals surface area contributed by atoms with Crippen molar-refractivity contribution in [2.75, 3.05) is 0 Å². The molecule has 0 N–H and O–H groups in total. The smallest absolute Gasteiger partial charge is 0.150 e. The highest BCUT2D eigenvalue weighted by molar-refractivity contribution is 6.31. The fourth-order valence-electron chi connectivity index (χ4n) is 3.77. The lowest BCUT2D eigenvalue weighted by Crippen LogP contribution is -1.98. The fourth-order valence-corrected chi connectivity index (χ4v) is 3.93. The number of hydrogen-bond acceptors (Lipinski definition) is 2. The van der Waals surface area contributed by atoms with Crippen LogP contribution in [0.4, 0.5) is 0 Å². The lowest BCUT2D eigenvalue weighted by atomic mass is 10.0. The van der Waals surface area contributed by atoms with Gasteiger partial charge in [-0.1, -0.05) is 72.3 Å². The first kappa shape index (κ1) is 20.7. The number of nitriles is 1. The van der Waals surface area contributed by atoms with Gasteiger partial charge in [0, 0.05) is 34.3 Å². The van der Waals surface area contributed by atoms with Gasteiger partial charge in [-0.05, 0) is 42.2 Å². The summed E-state index contributed by atoms with van der Waals surface area (Å²) in [5, 5.41) is 11.5. The van der Waals surface area contributed by atoms with Gasteiger partial charge in [-0.15, -0.1) is 0 Å². The minimum atomic E-state index is 0.552. The molecule has 3 nitrogen and oxygen atoms in total. The first-order valence-corrected chi connectivity index (χ1v) is 10.6. The molecular formula is C27H21ClN2O. The third kappa shape index (κ3) is 4.77. The van der Waals surface area contributed by atoms with Gasteiger partial charge in [0.1, 0.15) is 6.29 Å². The molecule has 1 heterocycles. The minimum absolute atomic E-state index is 0.552. The monoisotopic (exact) mass is 424 g/mol. The van der Waals surface area contributed by atoms with Gasteiger partial charge in [-0.3, -0.25) is 4.79 Å².